The number of hydrogen-bond donors (Lipinski definition) is 2. The van der Waals surface area contributed by atoms with Crippen LogP contribution in [0.4, 0.5) is 4.39 Å². The van der Waals surface area contributed by atoms with Crippen LogP contribution in [0.5, 0.6) is 11.5 Å². The van der Waals surface area contributed by atoms with Crippen LogP contribution in [0.1, 0.15) is 54.9 Å². The fourth-order valence-corrected chi connectivity index (χ4v) is 5.65. The number of carboxylic acids is 1. The van der Waals surface area contributed by atoms with Crippen molar-refractivity contribution in [2.45, 2.75) is 44.6 Å². The predicted molar refractivity (Wildman–Crippen MR) is 134 cm³/mol. The third-order valence-electron chi connectivity index (χ3n) is 7.20. The van der Waals surface area contributed by atoms with Gasteiger partial charge in [0, 0.05) is 5.56 Å². The van der Waals surface area contributed by atoms with Gasteiger partial charge in [0.05, 0.1) is 5.92 Å². The Morgan fingerprint density at radius 2 is 1.81 bits per heavy atom. The predicted octanol–water partition coefficient (Wildman–Crippen LogP) is 5.95. The van der Waals surface area contributed by atoms with Crippen molar-refractivity contribution in [3.05, 3.63) is 83.2 Å². The minimum absolute atomic E-state index is 0.0464. The van der Waals surface area contributed by atoms with E-state index in [-0.39, 0.29) is 23.3 Å². The first kappa shape index (κ1) is 25.2. The van der Waals surface area contributed by atoms with Crippen molar-refractivity contribution in [3.8, 4) is 22.6 Å². The normalized spacial score (nSPS) is 18.6. The Hall–Kier alpha value is -3.43. The molecular weight excluding hydrogens is 499 g/mol. The van der Waals surface area contributed by atoms with Crippen LogP contribution in [-0.4, -0.2) is 24.0 Å². The lowest BCUT2D eigenvalue weighted by molar-refractivity contribution is -0.142. The molecule has 0 radical (unpaired) electrons. The number of carboxylic acid groups (broad SMARTS) is 1. The lowest BCUT2D eigenvalue weighted by atomic mass is 9.83. The monoisotopic (exact) mass is 526 g/mol. The van der Waals surface area contributed by atoms with Gasteiger partial charge in [-0.15, -0.1) is 0 Å². The summed E-state index contributed by atoms with van der Waals surface area (Å²) in [5.41, 5.74) is 3.66. The molecule has 0 bridgehead atoms. The summed E-state index contributed by atoms with van der Waals surface area (Å²) in [5.74, 6) is -0.994. The largest absolute Gasteiger partial charge is 0.486 e. The van der Waals surface area contributed by atoms with Gasteiger partial charge in [0.2, 0.25) is 0 Å². The van der Waals surface area contributed by atoms with Gasteiger partial charge in [0.15, 0.2) is 0 Å². The van der Waals surface area contributed by atoms with Gasteiger partial charge in [-0.2, -0.15) is 8.42 Å². The Morgan fingerprint density at radius 1 is 1.03 bits per heavy atom. The van der Waals surface area contributed by atoms with Crippen molar-refractivity contribution in [2.24, 2.45) is 11.8 Å². The molecule has 0 unspecified atom stereocenters. The van der Waals surface area contributed by atoms with Crippen molar-refractivity contribution >= 4 is 16.4 Å². The van der Waals surface area contributed by atoms with Gasteiger partial charge >= 0.3 is 16.4 Å². The molecule has 1 saturated carbocycles. The number of benzene rings is 3. The van der Waals surface area contributed by atoms with E-state index in [0.29, 0.717) is 17.2 Å². The van der Waals surface area contributed by atoms with E-state index in [1.807, 2.05) is 36.4 Å². The van der Waals surface area contributed by atoms with E-state index in [0.717, 1.165) is 54.5 Å². The fourth-order valence-electron chi connectivity index (χ4n) is 5.30. The highest BCUT2D eigenvalue weighted by Crippen LogP contribution is 2.47. The van der Waals surface area contributed by atoms with E-state index >= 15 is 0 Å². The van der Waals surface area contributed by atoms with Gasteiger partial charge in [0.1, 0.15) is 23.4 Å². The molecule has 1 fully saturated rings. The Morgan fingerprint density at radius 3 is 2.51 bits per heavy atom. The summed E-state index contributed by atoms with van der Waals surface area (Å²) in [6, 6.07) is 16.6. The second kappa shape index (κ2) is 9.79. The molecule has 0 aromatic heterocycles. The zero-order valence-corrected chi connectivity index (χ0v) is 20.9. The zero-order valence-electron chi connectivity index (χ0n) is 20.1. The molecule has 2 aliphatic rings. The molecule has 3 aromatic carbocycles. The van der Waals surface area contributed by atoms with Crippen molar-refractivity contribution < 1.29 is 36.2 Å². The van der Waals surface area contributed by atoms with Crippen molar-refractivity contribution in [1.29, 1.82) is 0 Å². The topological polar surface area (TPSA) is 110 Å². The molecule has 2 N–H and O–H groups in total. The van der Waals surface area contributed by atoms with Gasteiger partial charge in [-0.05, 0) is 90.1 Å². The van der Waals surface area contributed by atoms with E-state index in [1.54, 1.807) is 13.0 Å². The Balaban J connectivity index is 1.37. The molecule has 5 rings (SSSR count). The van der Waals surface area contributed by atoms with E-state index in [9.17, 15) is 22.7 Å². The molecule has 3 aromatic rings. The first-order chi connectivity index (χ1) is 17.6. The van der Waals surface area contributed by atoms with E-state index < -0.39 is 28.1 Å². The molecule has 37 heavy (non-hydrogen) atoms. The summed E-state index contributed by atoms with van der Waals surface area (Å²) in [6.07, 6.45) is 3.33. The number of aliphatic carboxylic acids is 1. The number of fused-ring (bicyclic) bond motifs is 1. The van der Waals surface area contributed by atoms with Gasteiger partial charge in [-0.1, -0.05) is 37.3 Å². The SMILES string of the molecule is C[C@H](C(=O)O)[C@H](c1cccc(O[C@@H]2CCc3cc(-c4cc(OS(=O)(=O)O)ccc4F)ccc32)c1)C1CC1. The molecule has 0 heterocycles. The highest BCUT2D eigenvalue weighted by atomic mass is 32.3. The standard InChI is InChI=1S/C28H27FO7S/c1-16(28(30)31)27(17-5-6-17)20-3-2-4-21(14-20)35-26-12-8-18-13-19(7-10-23(18)26)24-15-22(9-11-25(24)29)36-37(32,33)34/h2-4,7,9-11,13-17,26-27H,5-6,8,12H2,1H3,(H,30,31)(H,32,33,34)/t16-,26+,27-/m0/s1. The molecule has 0 amide bonds. The minimum Gasteiger partial charge on any atom is -0.486 e. The highest BCUT2D eigenvalue weighted by Gasteiger charge is 2.38. The van der Waals surface area contributed by atoms with Gasteiger partial charge in [-0.3, -0.25) is 9.35 Å². The molecule has 2 aliphatic carbocycles. The van der Waals surface area contributed by atoms with E-state index in [1.165, 1.54) is 6.07 Å². The number of carbonyl (C=O) groups is 1. The molecule has 7 nitrogen and oxygen atoms in total. The lowest BCUT2D eigenvalue weighted by Crippen LogP contribution is -2.20. The second-order valence-electron chi connectivity index (χ2n) is 9.77. The van der Waals surface area contributed by atoms with Crippen LogP contribution in [0.3, 0.4) is 0 Å². The van der Waals surface area contributed by atoms with Crippen LogP contribution < -0.4 is 8.92 Å². The van der Waals surface area contributed by atoms with E-state index in [4.69, 9.17) is 9.29 Å². The second-order valence-corrected chi connectivity index (χ2v) is 10.8. The Kier molecular flexibility index (Phi) is 6.68. The summed E-state index contributed by atoms with van der Waals surface area (Å²) < 4.78 is 56.3. The van der Waals surface area contributed by atoms with Crippen LogP contribution in [0.15, 0.2) is 60.7 Å². The third kappa shape index (κ3) is 5.62. The molecular formula is C28H27FO7S. The Labute approximate surface area is 214 Å². The number of hydrogen-bond acceptors (Lipinski definition) is 5. The average Bonchev–Trinajstić information content (AvgIpc) is 3.60. The van der Waals surface area contributed by atoms with Gasteiger partial charge in [-0.25, -0.2) is 4.39 Å². The van der Waals surface area contributed by atoms with Crippen molar-refractivity contribution in [1.82, 2.24) is 0 Å². The maximum absolute atomic E-state index is 14.5. The molecule has 0 spiro atoms. The number of aryl methyl sites for hydroxylation is 1. The van der Waals surface area contributed by atoms with Crippen LogP contribution in [0.2, 0.25) is 0 Å². The van der Waals surface area contributed by atoms with Gasteiger partial charge in [0.25, 0.3) is 0 Å². The molecule has 3 atom stereocenters. The summed E-state index contributed by atoms with van der Waals surface area (Å²) >= 11 is 0. The van der Waals surface area contributed by atoms with Crippen LogP contribution in [-0.2, 0) is 21.6 Å². The van der Waals surface area contributed by atoms with Crippen LogP contribution in [0.25, 0.3) is 11.1 Å². The van der Waals surface area contributed by atoms with Crippen molar-refractivity contribution in [3.63, 3.8) is 0 Å². The van der Waals surface area contributed by atoms with Crippen molar-refractivity contribution in [2.75, 3.05) is 0 Å². The first-order valence-electron chi connectivity index (χ1n) is 12.2. The van der Waals surface area contributed by atoms with Crippen LogP contribution >= 0.6 is 0 Å². The number of halogens is 1. The molecule has 194 valence electrons. The van der Waals surface area contributed by atoms with E-state index in [2.05, 4.69) is 4.18 Å². The molecule has 0 saturated heterocycles. The smallest absolute Gasteiger partial charge is 0.446 e. The highest BCUT2D eigenvalue weighted by molar-refractivity contribution is 7.81. The summed E-state index contributed by atoms with van der Waals surface area (Å²) in [5, 5.41) is 9.59. The zero-order chi connectivity index (χ0) is 26.3. The first-order valence-corrected chi connectivity index (χ1v) is 13.5. The lowest BCUT2D eigenvalue weighted by Gasteiger charge is -2.22. The van der Waals surface area contributed by atoms with Crippen LogP contribution in [0, 0.1) is 17.7 Å². The maximum Gasteiger partial charge on any atom is 0.446 e. The fraction of sp³-hybridized carbons (Fsp3) is 0.321. The Bertz CT molecular complexity index is 1450. The quantitative estimate of drug-likeness (QED) is 0.331. The van der Waals surface area contributed by atoms with Gasteiger partial charge < -0.3 is 14.0 Å². The summed E-state index contributed by atoms with van der Waals surface area (Å²) in [6.45, 7) is 1.76. The molecule has 0 aliphatic heterocycles. The maximum atomic E-state index is 14.5. The summed E-state index contributed by atoms with van der Waals surface area (Å²) in [4.78, 5) is 11.7. The molecule has 9 heteroatoms. The third-order valence-corrected chi connectivity index (χ3v) is 7.60. The minimum atomic E-state index is -4.72. The summed E-state index contributed by atoms with van der Waals surface area (Å²) in [7, 11) is -4.72. The number of ether oxygens (including phenoxy) is 1. The average molecular weight is 527 g/mol. The number of rotatable bonds is 9.